The fraction of sp³-hybridized carbons (Fsp3) is 0.500. The minimum Gasteiger partial charge on any atom is -0.352 e. The molecule has 1 aromatic rings. The van der Waals surface area contributed by atoms with E-state index in [1.54, 1.807) is 24.3 Å². The first-order chi connectivity index (χ1) is 10.1. The first-order valence-electron chi connectivity index (χ1n) is 7.55. The van der Waals surface area contributed by atoms with Crippen molar-refractivity contribution in [3.63, 3.8) is 0 Å². The van der Waals surface area contributed by atoms with Crippen LogP contribution in [-0.4, -0.2) is 24.4 Å². The molecule has 4 N–H and O–H groups in total. The Morgan fingerprint density at radius 1 is 1.24 bits per heavy atom. The van der Waals surface area contributed by atoms with Crippen molar-refractivity contribution in [2.24, 2.45) is 11.7 Å². The highest BCUT2D eigenvalue weighted by atomic mass is 16.2. The van der Waals surface area contributed by atoms with Crippen LogP contribution in [0.4, 0.5) is 5.69 Å². The molecule has 2 atom stereocenters. The number of hydrogen-bond acceptors (Lipinski definition) is 3. The smallest absolute Gasteiger partial charge is 0.251 e. The zero-order valence-electron chi connectivity index (χ0n) is 12.4. The summed E-state index contributed by atoms with van der Waals surface area (Å²) in [4.78, 5) is 23.8. The maximum absolute atomic E-state index is 12.1. The van der Waals surface area contributed by atoms with Gasteiger partial charge in [-0.15, -0.1) is 0 Å². The summed E-state index contributed by atoms with van der Waals surface area (Å²) < 4.78 is 0. The van der Waals surface area contributed by atoms with Crippen LogP contribution in [0.25, 0.3) is 0 Å². The molecule has 0 heterocycles. The second-order valence-electron chi connectivity index (χ2n) is 5.59. The third-order valence-corrected chi connectivity index (χ3v) is 3.79. The lowest BCUT2D eigenvalue weighted by molar-refractivity contribution is -0.119. The van der Waals surface area contributed by atoms with Crippen molar-refractivity contribution in [3.05, 3.63) is 29.8 Å². The molecule has 0 bridgehead atoms. The van der Waals surface area contributed by atoms with E-state index in [1.165, 1.54) is 0 Å². The van der Waals surface area contributed by atoms with Gasteiger partial charge in [-0.25, -0.2) is 0 Å². The van der Waals surface area contributed by atoms with Crippen LogP contribution in [0.3, 0.4) is 0 Å². The summed E-state index contributed by atoms with van der Waals surface area (Å²) in [5.74, 6) is -0.0600. The van der Waals surface area contributed by atoms with Gasteiger partial charge < -0.3 is 16.4 Å². The number of carbonyl (C=O) groups excluding carboxylic acids is 2. The number of nitrogens with one attached hydrogen (secondary N) is 2. The summed E-state index contributed by atoms with van der Waals surface area (Å²) in [7, 11) is 0. The number of amides is 2. The molecular formula is C16H23N3O2. The average molecular weight is 289 g/mol. The molecule has 1 aromatic carbocycles. The standard InChI is InChI=1S/C16H23N3O2/c1-2-9-18-15(20)11-4-7-14(8-5-11)19-16(21)12-3-6-13(17)10-12/h4-5,7-8,12-13H,2-3,6,9-10,17H2,1H3,(H,18,20)(H,19,21). The SMILES string of the molecule is CCCNC(=O)c1ccc(NC(=O)C2CCC(N)C2)cc1. The van der Waals surface area contributed by atoms with Crippen LogP contribution >= 0.6 is 0 Å². The summed E-state index contributed by atoms with van der Waals surface area (Å²) >= 11 is 0. The van der Waals surface area contributed by atoms with Crippen LogP contribution in [0, 0.1) is 5.92 Å². The summed E-state index contributed by atoms with van der Waals surface area (Å²) in [6.07, 6.45) is 3.42. The average Bonchev–Trinajstić information content (AvgIpc) is 2.92. The fourth-order valence-electron chi connectivity index (χ4n) is 2.54. The molecule has 0 saturated heterocycles. The largest absolute Gasteiger partial charge is 0.352 e. The normalized spacial score (nSPS) is 21.0. The summed E-state index contributed by atoms with van der Waals surface area (Å²) in [5.41, 5.74) is 7.14. The molecule has 1 fully saturated rings. The highest BCUT2D eigenvalue weighted by Gasteiger charge is 2.27. The first-order valence-corrected chi connectivity index (χ1v) is 7.55. The molecule has 2 amide bonds. The van der Waals surface area contributed by atoms with E-state index in [2.05, 4.69) is 10.6 Å². The molecule has 5 nitrogen and oxygen atoms in total. The molecule has 0 radical (unpaired) electrons. The summed E-state index contributed by atoms with van der Waals surface area (Å²) in [6, 6.07) is 7.11. The van der Waals surface area contributed by atoms with Crippen molar-refractivity contribution < 1.29 is 9.59 Å². The molecule has 2 unspecified atom stereocenters. The van der Waals surface area contributed by atoms with Gasteiger partial charge in [-0.2, -0.15) is 0 Å². The molecule has 0 spiro atoms. The first kappa shape index (κ1) is 15.5. The van der Waals surface area contributed by atoms with Crippen molar-refractivity contribution in [1.29, 1.82) is 0 Å². The van der Waals surface area contributed by atoms with E-state index in [4.69, 9.17) is 5.73 Å². The fourth-order valence-corrected chi connectivity index (χ4v) is 2.54. The number of rotatable bonds is 5. The number of carbonyl (C=O) groups is 2. The Kier molecular flexibility index (Phi) is 5.33. The van der Waals surface area contributed by atoms with Crippen molar-refractivity contribution in [1.82, 2.24) is 5.32 Å². The Hall–Kier alpha value is -1.88. The quantitative estimate of drug-likeness (QED) is 0.774. The Morgan fingerprint density at radius 3 is 2.52 bits per heavy atom. The van der Waals surface area contributed by atoms with E-state index in [-0.39, 0.29) is 23.8 Å². The lowest BCUT2D eigenvalue weighted by Crippen LogP contribution is -2.24. The van der Waals surface area contributed by atoms with Crippen molar-refractivity contribution >= 4 is 17.5 Å². The lowest BCUT2D eigenvalue weighted by atomic mass is 10.1. The van der Waals surface area contributed by atoms with E-state index >= 15 is 0 Å². The van der Waals surface area contributed by atoms with E-state index < -0.39 is 0 Å². The Balaban J connectivity index is 1.90. The van der Waals surface area contributed by atoms with Gasteiger partial charge in [-0.05, 0) is 49.9 Å². The third-order valence-electron chi connectivity index (χ3n) is 3.79. The van der Waals surface area contributed by atoms with Gasteiger partial charge in [0.1, 0.15) is 0 Å². The minimum atomic E-state index is -0.0866. The van der Waals surface area contributed by atoms with Crippen molar-refractivity contribution in [2.45, 2.75) is 38.6 Å². The molecule has 1 aliphatic rings. The van der Waals surface area contributed by atoms with Gasteiger partial charge in [-0.1, -0.05) is 6.92 Å². The molecule has 2 rings (SSSR count). The van der Waals surface area contributed by atoms with Crippen molar-refractivity contribution in [2.75, 3.05) is 11.9 Å². The van der Waals surface area contributed by atoms with Gasteiger partial charge in [0.15, 0.2) is 0 Å². The van der Waals surface area contributed by atoms with Crippen molar-refractivity contribution in [3.8, 4) is 0 Å². The van der Waals surface area contributed by atoms with Crippen LogP contribution in [0.1, 0.15) is 43.0 Å². The molecule has 21 heavy (non-hydrogen) atoms. The molecule has 1 saturated carbocycles. The van der Waals surface area contributed by atoms with E-state index in [9.17, 15) is 9.59 Å². The summed E-state index contributed by atoms with van der Waals surface area (Å²) in [5, 5.41) is 5.71. The third kappa shape index (κ3) is 4.29. The zero-order chi connectivity index (χ0) is 15.2. The number of nitrogens with two attached hydrogens (primary N) is 1. The second-order valence-corrected chi connectivity index (χ2v) is 5.59. The maximum atomic E-state index is 12.1. The number of anilines is 1. The molecule has 5 heteroatoms. The Morgan fingerprint density at radius 2 is 1.95 bits per heavy atom. The van der Waals surface area contributed by atoms with Crippen LogP contribution in [0.5, 0.6) is 0 Å². The van der Waals surface area contributed by atoms with E-state index in [1.807, 2.05) is 6.92 Å². The van der Waals surface area contributed by atoms with Gasteiger partial charge in [0.05, 0.1) is 0 Å². The number of benzene rings is 1. The molecule has 0 aromatic heterocycles. The lowest BCUT2D eigenvalue weighted by Gasteiger charge is -2.11. The Bertz CT molecular complexity index is 499. The monoisotopic (exact) mass is 289 g/mol. The van der Waals surface area contributed by atoms with Gasteiger partial charge in [0.2, 0.25) is 5.91 Å². The van der Waals surface area contributed by atoms with Gasteiger partial charge in [-0.3, -0.25) is 9.59 Å². The predicted octanol–water partition coefficient (Wildman–Crippen LogP) is 1.89. The molecule has 114 valence electrons. The zero-order valence-corrected chi connectivity index (χ0v) is 12.4. The van der Waals surface area contributed by atoms with Gasteiger partial charge >= 0.3 is 0 Å². The predicted molar refractivity (Wildman–Crippen MR) is 83.0 cm³/mol. The second kappa shape index (κ2) is 7.22. The summed E-state index contributed by atoms with van der Waals surface area (Å²) in [6.45, 7) is 2.67. The number of hydrogen-bond donors (Lipinski definition) is 3. The van der Waals surface area contributed by atoms with Gasteiger partial charge in [0, 0.05) is 29.8 Å². The van der Waals surface area contributed by atoms with Gasteiger partial charge in [0.25, 0.3) is 5.91 Å². The highest BCUT2D eigenvalue weighted by molar-refractivity contribution is 5.96. The highest BCUT2D eigenvalue weighted by Crippen LogP contribution is 2.25. The molecule has 0 aliphatic heterocycles. The molecule has 1 aliphatic carbocycles. The maximum Gasteiger partial charge on any atom is 0.251 e. The van der Waals surface area contributed by atoms with Crippen LogP contribution in [-0.2, 0) is 4.79 Å². The van der Waals surface area contributed by atoms with Crippen LogP contribution < -0.4 is 16.4 Å². The topological polar surface area (TPSA) is 84.2 Å². The Labute approximate surface area is 125 Å². The molecular weight excluding hydrogens is 266 g/mol. The van der Waals surface area contributed by atoms with E-state index in [0.717, 1.165) is 25.7 Å². The van der Waals surface area contributed by atoms with Crippen LogP contribution in [0.2, 0.25) is 0 Å². The van der Waals surface area contributed by atoms with E-state index in [0.29, 0.717) is 17.8 Å². The van der Waals surface area contributed by atoms with Crippen LogP contribution in [0.15, 0.2) is 24.3 Å². The minimum absolute atomic E-state index is 0.00697.